The lowest BCUT2D eigenvalue weighted by molar-refractivity contribution is -0.124. The maximum absolute atomic E-state index is 12.4. The van der Waals surface area contributed by atoms with E-state index in [9.17, 15) is 4.79 Å². The highest BCUT2D eigenvalue weighted by Gasteiger charge is 2.35. The molecule has 2 heterocycles. The Bertz CT molecular complexity index is 833. The summed E-state index contributed by atoms with van der Waals surface area (Å²) in [5.41, 5.74) is 5.39. The molecule has 1 N–H and O–H groups in total. The van der Waals surface area contributed by atoms with Gasteiger partial charge in [0.25, 0.3) is 0 Å². The minimum absolute atomic E-state index is 0.0636. The van der Waals surface area contributed by atoms with Crippen LogP contribution in [0.4, 0.5) is 0 Å². The number of aryl methyl sites for hydroxylation is 1. The molecule has 2 aromatic rings. The fourth-order valence-electron chi connectivity index (χ4n) is 4.36. The molecule has 24 heavy (non-hydrogen) atoms. The Kier molecular flexibility index (Phi) is 3.72. The molecule has 0 radical (unpaired) electrons. The summed E-state index contributed by atoms with van der Waals surface area (Å²) in [5.74, 6) is 0.0747. The quantitative estimate of drug-likeness (QED) is 0.943. The zero-order valence-electron chi connectivity index (χ0n) is 14.7. The Morgan fingerprint density at radius 1 is 1.33 bits per heavy atom. The number of carbonyl (C=O) groups is 1. The number of benzene rings is 1. The van der Waals surface area contributed by atoms with Crippen molar-refractivity contribution in [3.05, 3.63) is 41.6 Å². The number of rotatable bonds is 3. The fourth-order valence-corrected chi connectivity index (χ4v) is 4.36. The molecule has 0 unspecified atom stereocenters. The smallest absolute Gasteiger partial charge is 0.228 e. The SMILES string of the molecule is CCNC(=O)[C@@H]1C=C2c3cccc4c3c(cn4CC)C[C@H]2N(C)C1. The monoisotopic (exact) mass is 323 g/mol. The number of amides is 1. The summed E-state index contributed by atoms with van der Waals surface area (Å²) in [7, 11) is 2.14. The average molecular weight is 323 g/mol. The van der Waals surface area contributed by atoms with E-state index in [4.69, 9.17) is 0 Å². The molecule has 4 heteroatoms. The summed E-state index contributed by atoms with van der Waals surface area (Å²) in [5, 5.41) is 4.36. The van der Waals surface area contributed by atoms with Crippen molar-refractivity contribution in [3.8, 4) is 0 Å². The molecule has 1 aliphatic heterocycles. The number of nitrogens with one attached hydrogen (secondary N) is 1. The Labute approximate surface area is 143 Å². The van der Waals surface area contributed by atoms with Gasteiger partial charge in [0.1, 0.15) is 0 Å². The first kappa shape index (κ1) is 15.5. The van der Waals surface area contributed by atoms with Gasteiger partial charge in [-0.1, -0.05) is 18.2 Å². The molecule has 0 saturated heterocycles. The van der Waals surface area contributed by atoms with Crippen LogP contribution in [0.3, 0.4) is 0 Å². The summed E-state index contributed by atoms with van der Waals surface area (Å²) in [4.78, 5) is 14.7. The van der Waals surface area contributed by atoms with Crippen molar-refractivity contribution >= 4 is 22.4 Å². The summed E-state index contributed by atoms with van der Waals surface area (Å²) in [6, 6.07) is 6.95. The first-order chi connectivity index (χ1) is 11.6. The van der Waals surface area contributed by atoms with Crippen molar-refractivity contribution in [2.24, 2.45) is 5.92 Å². The normalized spacial score (nSPS) is 23.0. The number of nitrogens with zero attached hydrogens (tertiary/aromatic N) is 2. The van der Waals surface area contributed by atoms with E-state index in [1.165, 1.54) is 27.6 Å². The van der Waals surface area contributed by atoms with E-state index >= 15 is 0 Å². The highest BCUT2D eigenvalue weighted by atomic mass is 16.1. The predicted molar refractivity (Wildman–Crippen MR) is 97.9 cm³/mol. The Hall–Kier alpha value is -2.07. The molecule has 0 bridgehead atoms. The van der Waals surface area contributed by atoms with E-state index in [1.54, 1.807) is 0 Å². The first-order valence-electron chi connectivity index (χ1n) is 8.94. The van der Waals surface area contributed by atoms with Crippen LogP contribution in [0.5, 0.6) is 0 Å². The fraction of sp³-hybridized carbons (Fsp3) is 0.450. The van der Waals surface area contributed by atoms with Gasteiger partial charge in [0.15, 0.2) is 0 Å². The van der Waals surface area contributed by atoms with Gasteiger partial charge in [-0.15, -0.1) is 0 Å². The number of aromatic nitrogens is 1. The van der Waals surface area contributed by atoms with E-state index in [0.29, 0.717) is 12.6 Å². The van der Waals surface area contributed by atoms with E-state index in [2.05, 4.69) is 59.2 Å². The number of carbonyl (C=O) groups excluding carboxylic acids is 1. The molecule has 2 aliphatic rings. The van der Waals surface area contributed by atoms with Gasteiger partial charge in [-0.05, 0) is 50.1 Å². The minimum atomic E-state index is -0.0636. The molecule has 0 saturated carbocycles. The maximum Gasteiger partial charge on any atom is 0.228 e. The highest BCUT2D eigenvalue weighted by Crippen LogP contribution is 2.41. The second kappa shape index (κ2) is 5.78. The van der Waals surface area contributed by atoms with Crippen LogP contribution in [0.25, 0.3) is 16.5 Å². The molecule has 1 aliphatic carbocycles. The zero-order chi connectivity index (χ0) is 16.8. The molecular weight excluding hydrogens is 298 g/mol. The number of hydrogen-bond donors (Lipinski definition) is 1. The minimum Gasteiger partial charge on any atom is -0.356 e. The highest BCUT2D eigenvalue weighted by molar-refractivity contribution is 5.99. The van der Waals surface area contributed by atoms with E-state index in [-0.39, 0.29) is 11.8 Å². The summed E-state index contributed by atoms with van der Waals surface area (Å²) >= 11 is 0. The summed E-state index contributed by atoms with van der Waals surface area (Å²) < 4.78 is 2.34. The van der Waals surface area contributed by atoms with Crippen molar-refractivity contribution in [1.82, 2.24) is 14.8 Å². The van der Waals surface area contributed by atoms with Gasteiger partial charge < -0.3 is 9.88 Å². The largest absolute Gasteiger partial charge is 0.356 e. The van der Waals surface area contributed by atoms with Gasteiger partial charge in [-0.2, -0.15) is 0 Å². The van der Waals surface area contributed by atoms with E-state index in [1.807, 2.05) is 6.92 Å². The third-order valence-corrected chi connectivity index (χ3v) is 5.49. The van der Waals surface area contributed by atoms with Gasteiger partial charge in [-0.3, -0.25) is 9.69 Å². The van der Waals surface area contributed by atoms with Crippen molar-refractivity contribution in [3.63, 3.8) is 0 Å². The number of likely N-dealkylation sites (N-methyl/N-ethyl adjacent to an activating group) is 1. The van der Waals surface area contributed by atoms with Crippen LogP contribution < -0.4 is 5.32 Å². The predicted octanol–water partition coefficient (Wildman–Crippen LogP) is 2.67. The van der Waals surface area contributed by atoms with Crippen molar-refractivity contribution in [2.45, 2.75) is 32.9 Å². The molecule has 126 valence electrons. The van der Waals surface area contributed by atoms with Crippen molar-refractivity contribution < 1.29 is 4.79 Å². The Balaban J connectivity index is 1.86. The topological polar surface area (TPSA) is 37.3 Å². The van der Waals surface area contributed by atoms with Gasteiger partial charge in [-0.25, -0.2) is 0 Å². The van der Waals surface area contributed by atoms with Crippen LogP contribution in [0.1, 0.15) is 25.0 Å². The van der Waals surface area contributed by atoms with E-state index in [0.717, 1.165) is 19.5 Å². The molecule has 4 rings (SSSR count). The third-order valence-electron chi connectivity index (χ3n) is 5.49. The maximum atomic E-state index is 12.4. The van der Waals surface area contributed by atoms with Gasteiger partial charge in [0.05, 0.1) is 5.92 Å². The zero-order valence-corrected chi connectivity index (χ0v) is 14.7. The van der Waals surface area contributed by atoms with Crippen molar-refractivity contribution in [2.75, 3.05) is 20.1 Å². The van der Waals surface area contributed by atoms with Gasteiger partial charge in [0, 0.05) is 42.8 Å². The van der Waals surface area contributed by atoms with Crippen LogP contribution in [-0.2, 0) is 17.8 Å². The molecule has 1 aromatic carbocycles. The average Bonchev–Trinajstić information content (AvgIpc) is 2.95. The second-order valence-corrected chi connectivity index (χ2v) is 6.92. The summed E-state index contributed by atoms with van der Waals surface area (Å²) in [6.07, 6.45) is 5.57. The molecule has 1 aromatic heterocycles. The van der Waals surface area contributed by atoms with Gasteiger partial charge >= 0.3 is 0 Å². The molecular formula is C20H25N3O. The van der Waals surface area contributed by atoms with Crippen LogP contribution in [-0.4, -0.2) is 41.6 Å². The molecule has 0 fully saturated rings. The van der Waals surface area contributed by atoms with Crippen LogP contribution >= 0.6 is 0 Å². The first-order valence-corrected chi connectivity index (χ1v) is 8.94. The van der Waals surface area contributed by atoms with Crippen molar-refractivity contribution in [1.29, 1.82) is 0 Å². The lowest BCUT2D eigenvalue weighted by Gasteiger charge is -2.39. The van der Waals surface area contributed by atoms with Crippen LogP contribution in [0.2, 0.25) is 0 Å². The van der Waals surface area contributed by atoms with Crippen LogP contribution in [0.15, 0.2) is 30.5 Å². The lowest BCUT2D eigenvalue weighted by Crippen LogP contribution is -2.46. The standard InChI is InChI=1S/C20H25N3O/c1-4-21-20(24)14-9-16-15-7-6-8-17-19(15)13(12-23(17)5-2)10-18(16)22(3)11-14/h6-9,12,14,18H,4-5,10-11H2,1-3H3,(H,21,24)/t14-,18-/m1/s1. The third kappa shape index (κ3) is 2.20. The van der Waals surface area contributed by atoms with Gasteiger partial charge in [0.2, 0.25) is 5.91 Å². The number of fused-ring (bicyclic) bond motifs is 2. The van der Waals surface area contributed by atoms with E-state index < -0.39 is 0 Å². The summed E-state index contributed by atoms with van der Waals surface area (Å²) in [6.45, 7) is 6.63. The molecule has 0 spiro atoms. The Morgan fingerprint density at radius 2 is 2.17 bits per heavy atom. The number of hydrogen-bond acceptors (Lipinski definition) is 2. The lowest BCUT2D eigenvalue weighted by atomic mass is 9.80. The second-order valence-electron chi connectivity index (χ2n) is 6.92. The Morgan fingerprint density at radius 3 is 2.92 bits per heavy atom. The molecule has 1 amide bonds. The van der Waals surface area contributed by atoms with Crippen LogP contribution in [0, 0.1) is 5.92 Å². The molecule has 2 atom stereocenters. The molecule has 4 nitrogen and oxygen atoms in total.